The van der Waals surface area contributed by atoms with Gasteiger partial charge in [0.05, 0.1) is 5.41 Å². The fourth-order valence-corrected chi connectivity index (χ4v) is 2.43. The Hall–Kier alpha value is -1.26. The van der Waals surface area contributed by atoms with Crippen LogP contribution in [-0.2, 0) is 4.79 Å². The molecule has 0 radical (unpaired) electrons. The van der Waals surface area contributed by atoms with Crippen molar-refractivity contribution >= 4 is 12.0 Å². The second kappa shape index (κ2) is 6.61. The van der Waals surface area contributed by atoms with E-state index in [0.717, 1.165) is 25.7 Å². The van der Waals surface area contributed by atoms with Gasteiger partial charge in [-0.15, -0.1) is 0 Å². The highest BCUT2D eigenvalue weighted by Crippen LogP contribution is 2.25. The topological polar surface area (TPSA) is 78.4 Å². The van der Waals surface area contributed by atoms with E-state index in [-0.39, 0.29) is 18.6 Å². The van der Waals surface area contributed by atoms with E-state index in [1.807, 2.05) is 13.8 Å². The summed E-state index contributed by atoms with van der Waals surface area (Å²) in [5.41, 5.74) is -0.840. The third kappa shape index (κ3) is 3.62. The van der Waals surface area contributed by atoms with Gasteiger partial charge in [-0.3, -0.25) is 4.79 Å². The summed E-state index contributed by atoms with van der Waals surface area (Å²) in [6.07, 6.45) is 5.41. The zero-order valence-electron chi connectivity index (χ0n) is 11.3. The SMILES string of the molecule is CCC(CC)(CNC(=O)NC1CCCC1)C(=O)O. The average molecular weight is 256 g/mol. The zero-order valence-corrected chi connectivity index (χ0v) is 11.3. The van der Waals surface area contributed by atoms with Gasteiger partial charge in [-0.2, -0.15) is 0 Å². The Morgan fingerprint density at radius 1 is 1.22 bits per heavy atom. The van der Waals surface area contributed by atoms with Crippen molar-refractivity contribution in [1.82, 2.24) is 10.6 Å². The van der Waals surface area contributed by atoms with Gasteiger partial charge in [0.2, 0.25) is 0 Å². The molecule has 3 N–H and O–H groups in total. The molecular weight excluding hydrogens is 232 g/mol. The highest BCUT2D eigenvalue weighted by Gasteiger charge is 2.35. The van der Waals surface area contributed by atoms with Crippen LogP contribution in [0.4, 0.5) is 4.79 Å². The summed E-state index contributed by atoms with van der Waals surface area (Å²) in [4.78, 5) is 23.0. The quantitative estimate of drug-likeness (QED) is 0.681. The van der Waals surface area contributed by atoms with Crippen molar-refractivity contribution in [2.75, 3.05) is 6.54 Å². The normalized spacial score (nSPS) is 16.6. The van der Waals surface area contributed by atoms with Crippen LogP contribution in [0.15, 0.2) is 0 Å². The first-order valence-electron chi connectivity index (χ1n) is 6.82. The molecule has 0 unspecified atom stereocenters. The number of aliphatic carboxylic acids is 1. The molecule has 0 aromatic heterocycles. The van der Waals surface area contributed by atoms with E-state index in [1.165, 1.54) is 0 Å². The average Bonchev–Trinajstić information content (AvgIpc) is 2.83. The van der Waals surface area contributed by atoms with E-state index in [0.29, 0.717) is 12.8 Å². The van der Waals surface area contributed by atoms with Crippen LogP contribution in [0.1, 0.15) is 52.4 Å². The molecule has 18 heavy (non-hydrogen) atoms. The molecule has 5 heteroatoms. The molecule has 0 aromatic rings. The molecule has 5 nitrogen and oxygen atoms in total. The molecule has 1 aliphatic carbocycles. The van der Waals surface area contributed by atoms with E-state index in [2.05, 4.69) is 10.6 Å². The molecule has 0 aliphatic heterocycles. The van der Waals surface area contributed by atoms with Gasteiger partial charge < -0.3 is 15.7 Å². The number of carboxylic acid groups (broad SMARTS) is 1. The summed E-state index contributed by atoms with van der Waals surface area (Å²) >= 11 is 0. The van der Waals surface area contributed by atoms with Crippen LogP contribution >= 0.6 is 0 Å². The summed E-state index contributed by atoms with van der Waals surface area (Å²) < 4.78 is 0. The molecule has 0 spiro atoms. The summed E-state index contributed by atoms with van der Waals surface area (Å²) in [6, 6.07) is 0.0157. The highest BCUT2D eigenvalue weighted by molar-refractivity contribution is 5.78. The molecule has 0 saturated heterocycles. The maximum atomic E-state index is 11.7. The van der Waals surface area contributed by atoms with Gasteiger partial charge in [0.25, 0.3) is 0 Å². The maximum Gasteiger partial charge on any atom is 0.315 e. The molecule has 0 atom stereocenters. The van der Waals surface area contributed by atoms with Gasteiger partial charge >= 0.3 is 12.0 Å². The van der Waals surface area contributed by atoms with E-state index < -0.39 is 11.4 Å². The summed E-state index contributed by atoms with van der Waals surface area (Å²) in [5, 5.41) is 14.8. The van der Waals surface area contributed by atoms with Crippen LogP contribution in [0.2, 0.25) is 0 Å². The lowest BCUT2D eigenvalue weighted by Crippen LogP contribution is -2.47. The number of carboxylic acids is 1. The van der Waals surface area contributed by atoms with Crippen molar-refractivity contribution in [3.05, 3.63) is 0 Å². The Bertz CT molecular complexity index is 295. The minimum absolute atomic E-state index is 0.188. The first-order valence-corrected chi connectivity index (χ1v) is 6.82. The number of urea groups is 1. The van der Waals surface area contributed by atoms with Crippen molar-refractivity contribution in [3.8, 4) is 0 Å². The molecule has 0 aromatic carbocycles. The fraction of sp³-hybridized carbons (Fsp3) is 0.846. The highest BCUT2D eigenvalue weighted by atomic mass is 16.4. The predicted molar refractivity (Wildman–Crippen MR) is 69.4 cm³/mol. The summed E-state index contributed by atoms with van der Waals surface area (Å²) in [6.45, 7) is 3.87. The molecular formula is C13H24N2O3. The van der Waals surface area contributed by atoms with E-state index in [4.69, 9.17) is 0 Å². The number of nitrogens with one attached hydrogen (secondary N) is 2. The lowest BCUT2D eigenvalue weighted by molar-refractivity contribution is -0.149. The number of rotatable bonds is 6. The number of hydrogen-bond donors (Lipinski definition) is 3. The van der Waals surface area contributed by atoms with Gasteiger partial charge in [0, 0.05) is 12.6 Å². The molecule has 104 valence electrons. The van der Waals surface area contributed by atoms with Crippen LogP contribution in [0.5, 0.6) is 0 Å². The number of amides is 2. The summed E-state index contributed by atoms with van der Waals surface area (Å²) in [7, 11) is 0. The van der Waals surface area contributed by atoms with Gasteiger partial charge in [-0.1, -0.05) is 26.7 Å². The smallest absolute Gasteiger partial charge is 0.315 e. The zero-order chi connectivity index (χ0) is 13.6. The Balaban J connectivity index is 2.41. The Morgan fingerprint density at radius 2 is 1.78 bits per heavy atom. The Kier molecular flexibility index (Phi) is 5.44. The molecule has 2 amide bonds. The van der Waals surface area contributed by atoms with Crippen LogP contribution in [0.25, 0.3) is 0 Å². The number of hydrogen-bond acceptors (Lipinski definition) is 2. The first kappa shape index (κ1) is 14.8. The summed E-state index contributed by atoms with van der Waals surface area (Å²) in [5.74, 6) is -0.839. The molecule has 1 aliphatic rings. The van der Waals surface area contributed by atoms with Crippen LogP contribution < -0.4 is 10.6 Å². The van der Waals surface area contributed by atoms with Crippen molar-refractivity contribution in [2.24, 2.45) is 5.41 Å². The van der Waals surface area contributed by atoms with Crippen molar-refractivity contribution in [1.29, 1.82) is 0 Å². The first-order chi connectivity index (χ1) is 8.54. The predicted octanol–water partition coefficient (Wildman–Crippen LogP) is 2.12. The third-order valence-corrected chi connectivity index (χ3v) is 4.08. The number of carbonyl (C=O) groups is 2. The second-order valence-corrected chi connectivity index (χ2v) is 5.10. The van der Waals surface area contributed by atoms with Gasteiger partial charge in [0.15, 0.2) is 0 Å². The molecule has 1 rings (SSSR count). The monoisotopic (exact) mass is 256 g/mol. The minimum atomic E-state index is -0.840. The maximum absolute atomic E-state index is 11.7. The molecule has 0 heterocycles. The number of carbonyl (C=O) groups excluding carboxylic acids is 1. The molecule has 1 saturated carbocycles. The van der Waals surface area contributed by atoms with E-state index >= 15 is 0 Å². The Morgan fingerprint density at radius 3 is 2.22 bits per heavy atom. The third-order valence-electron chi connectivity index (χ3n) is 4.08. The largest absolute Gasteiger partial charge is 0.481 e. The van der Waals surface area contributed by atoms with Crippen LogP contribution in [0, 0.1) is 5.41 Å². The van der Waals surface area contributed by atoms with Crippen molar-refractivity contribution in [3.63, 3.8) is 0 Å². The van der Waals surface area contributed by atoms with E-state index in [9.17, 15) is 14.7 Å². The van der Waals surface area contributed by atoms with Crippen molar-refractivity contribution in [2.45, 2.75) is 58.4 Å². The minimum Gasteiger partial charge on any atom is -0.481 e. The van der Waals surface area contributed by atoms with Crippen molar-refractivity contribution < 1.29 is 14.7 Å². The molecule has 0 bridgehead atoms. The molecule has 1 fully saturated rings. The lowest BCUT2D eigenvalue weighted by atomic mass is 9.82. The van der Waals surface area contributed by atoms with Crippen LogP contribution in [0.3, 0.4) is 0 Å². The van der Waals surface area contributed by atoms with E-state index in [1.54, 1.807) is 0 Å². The van der Waals surface area contributed by atoms with Gasteiger partial charge in [0.1, 0.15) is 0 Å². The lowest BCUT2D eigenvalue weighted by Gasteiger charge is -2.27. The fourth-order valence-electron chi connectivity index (χ4n) is 2.43. The van der Waals surface area contributed by atoms with Crippen LogP contribution in [-0.4, -0.2) is 29.7 Å². The standard InChI is InChI=1S/C13H24N2O3/c1-3-13(4-2,11(16)17)9-14-12(18)15-10-7-5-6-8-10/h10H,3-9H2,1-2H3,(H,16,17)(H2,14,15,18). The second-order valence-electron chi connectivity index (χ2n) is 5.10. The Labute approximate surface area is 108 Å². The van der Waals surface area contributed by atoms with Gasteiger partial charge in [-0.05, 0) is 25.7 Å². The van der Waals surface area contributed by atoms with Gasteiger partial charge in [-0.25, -0.2) is 4.79 Å².